The fourth-order valence-corrected chi connectivity index (χ4v) is 4.34. The van der Waals surface area contributed by atoms with E-state index in [1.54, 1.807) is 7.11 Å². The molecule has 0 saturated carbocycles. The van der Waals surface area contributed by atoms with Gasteiger partial charge < -0.3 is 19.9 Å². The highest BCUT2D eigenvalue weighted by atomic mass is 19.1. The minimum atomic E-state index is -0.811. The van der Waals surface area contributed by atoms with Crippen LogP contribution in [0.2, 0.25) is 0 Å². The Hall–Kier alpha value is -3.16. The molecule has 0 aromatic heterocycles. The van der Waals surface area contributed by atoms with Crippen molar-refractivity contribution in [3.05, 3.63) is 54.1 Å². The van der Waals surface area contributed by atoms with E-state index in [4.69, 9.17) is 4.74 Å². The SMILES string of the molecule is COc1ccccc1N1CCCC(NC(=O)C2CC(=O)N(c3ccc(F)cc3F)C2)C1. The molecule has 0 radical (unpaired) electrons. The number of hydrogen-bond donors (Lipinski definition) is 1. The molecule has 0 bridgehead atoms. The van der Waals surface area contributed by atoms with Gasteiger partial charge in [0.15, 0.2) is 0 Å². The first-order valence-electron chi connectivity index (χ1n) is 10.4. The van der Waals surface area contributed by atoms with Gasteiger partial charge in [0.2, 0.25) is 11.8 Å². The highest BCUT2D eigenvalue weighted by Gasteiger charge is 2.37. The average molecular weight is 429 g/mol. The van der Waals surface area contributed by atoms with Gasteiger partial charge in [0.25, 0.3) is 0 Å². The lowest BCUT2D eigenvalue weighted by Crippen LogP contribution is -2.49. The third kappa shape index (κ3) is 4.47. The first-order chi connectivity index (χ1) is 15.0. The molecule has 2 unspecified atom stereocenters. The van der Waals surface area contributed by atoms with Crippen LogP contribution in [0.3, 0.4) is 0 Å². The van der Waals surface area contributed by atoms with Gasteiger partial charge in [0.1, 0.15) is 17.4 Å². The quantitative estimate of drug-likeness (QED) is 0.794. The second-order valence-electron chi connectivity index (χ2n) is 7.97. The van der Waals surface area contributed by atoms with Crippen molar-refractivity contribution in [3.63, 3.8) is 0 Å². The minimum Gasteiger partial charge on any atom is -0.495 e. The van der Waals surface area contributed by atoms with Crippen LogP contribution in [0.5, 0.6) is 5.75 Å². The van der Waals surface area contributed by atoms with Gasteiger partial charge in [-0.1, -0.05) is 12.1 Å². The fraction of sp³-hybridized carbons (Fsp3) is 0.391. The number of para-hydroxylation sites is 2. The molecule has 0 spiro atoms. The van der Waals surface area contributed by atoms with Crippen molar-refractivity contribution in [2.75, 3.05) is 36.5 Å². The van der Waals surface area contributed by atoms with E-state index >= 15 is 0 Å². The van der Waals surface area contributed by atoms with Crippen LogP contribution in [0.1, 0.15) is 19.3 Å². The first kappa shape index (κ1) is 21.1. The van der Waals surface area contributed by atoms with Crippen LogP contribution in [0.25, 0.3) is 0 Å². The highest BCUT2D eigenvalue weighted by Crippen LogP contribution is 2.31. The van der Waals surface area contributed by atoms with E-state index in [-0.39, 0.29) is 36.5 Å². The lowest BCUT2D eigenvalue weighted by molar-refractivity contribution is -0.127. The fourth-order valence-electron chi connectivity index (χ4n) is 4.34. The third-order valence-electron chi connectivity index (χ3n) is 5.89. The van der Waals surface area contributed by atoms with E-state index in [2.05, 4.69) is 10.2 Å². The molecule has 164 valence electrons. The Bertz CT molecular complexity index is 984. The van der Waals surface area contributed by atoms with Gasteiger partial charge in [-0.3, -0.25) is 9.59 Å². The number of nitrogens with one attached hydrogen (secondary N) is 1. The number of methoxy groups -OCH3 is 1. The van der Waals surface area contributed by atoms with E-state index < -0.39 is 17.6 Å². The Morgan fingerprint density at radius 1 is 1.13 bits per heavy atom. The van der Waals surface area contributed by atoms with Crippen LogP contribution in [-0.2, 0) is 9.59 Å². The molecule has 0 aliphatic carbocycles. The predicted molar refractivity (Wildman–Crippen MR) is 113 cm³/mol. The van der Waals surface area contributed by atoms with Crippen LogP contribution in [0.15, 0.2) is 42.5 Å². The van der Waals surface area contributed by atoms with Crippen molar-refractivity contribution in [3.8, 4) is 5.75 Å². The number of anilines is 2. The zero-order valence-electron chi connectivity index (χ0n) is 17.3. The van der Waals surface area contributed by atoms with E-state index in [0.29, 0.717) is 6.54 Å². The Balaban J connectivity index is 1.39. The number of rotatable bonds is 5. The van der Waals surface area contributed by atoms with Crippen LogP contribution >= 0.6 is 0 Å². The lowest BCUT2D eigenvalue weighted by Gasteiger charge is -2.35. The van der Waals surface area contributed by atoms with E-state index in [1.165, 1.54) is 11.0 Å². The zero-order chi connectivity index (χ0) is 22.0. The maximum Gasteiger partial charge on any atom is 0.227 e. The van der Waals surface area contributed by atoms with Crippen LogP contribution in [-0.4, -0.2) is 44.6 Å². The van der Waals surface area contributed by atoms with Crippen molar-refractivity contribution >= 4 is 23.2 Å². The topological polar surface area (TPSA) is 61.9 Å². The lowest BCUT2D eigenvalue weighted by atomic mass is 10.0. The summed E-state index contributed by atoms with van der Waals surface area (Å²) in [6.45, 7) is 1.59. The van der Waals surface area contributed by atoms with Crippen molar-refractivity contribution in [2.45, 2.75) is 25.3 Å². The second-order valence-corrected chi connectivity index (χ2v) is 7.97. The number of carbonyl (C=O) groups excluding carboxylic acids is 2. The molecule has 6 nitrogen and oxygen atoms in total. The predicted octanol–water partition coefficient (Wildman–Crippen LogP) is 3.11. The summed E-state index contributed by atoms with van der Waals surface area (Å²) < 4.78 is 32.7. The van der Waals surface area contributed by atoms with E-state index in [0.717, 1.165) is 43.0 Å². The van der Waals surface area contributed by atoms with Crippen molar-refractivity contribution in [2.24, 2.45) is 5.92 Å². The number of ether oxygens (including phenoxy) is 1. The summed E-state index contributed by atoms with van der Waals surface area (Å²) in [4.78, 5) is 28.7. The minimum absolute atomic E-state index is 0.00159. The van der Waals surface area contributed by atoms with Gasteiger partial charge in [-0.2, -0.15) is 0 Å². The second kappa shape index (κ2) is 8.91. The molecule has 2 aromatic carbocycles. The molecule has 1 N–H and O–H groups in total. The molecule has 2 saturated heterocycles. The maximum atomic E-state index is 14.1. The normalized spacial score (nSPS) is 21.3. The summed E-state index contributed by atoms with van der Waals surface area (Å²) in [6.07, 6.45) is 1.76. The number of piperidine rings is 1. The van der Waals surface area contributed by atoms with Crippen molar-refractivity contribution < 1.29 is 23.1 Å². The monoisotopic (exact) mass is 429 g/mol. The number of halogens is 2. The number of benzene rings is 2. The van der Waals surface area contributed by atoms with Gasteiger partial charge >= 0.3 is 0 Å². The Morgan fingerprint density at radius 3 is 2.71 bits per heavy atom. The maximum absolute atomic E-state index is 14.1. The molecule has 2 heterocycles. The van der Waals surface area contributed by atoms with Crippen molar-refractivity contribution in [1.82, 2.24) is 5.32 Å². The van der Waals surface area contributed by atoms with Crippen LogP contribution in [0, 0.1) is 17.6 Å². The van der Waals surface area contributed by atoms with E-state index in [1.807, 2.05) is 24.3 Å². The summed E-state index contributed by atoms with van der Waals surface area (Å²) >= 11 is 0. The highest BCUT2D eigenvalue weighted by molar-refractivity contribution is 6.00. The Morgan fingerprint density at radius 2 is 1.94 bits per heavy atom. The molecule has 4 rings (SSSR count). The Kier molecular flexibility index (Phi) is 6.06. The summed E-state index contributed by atoms with van der Waals surface area (Å²) in [5, 5.41) is 3.06. The number of nitrogens with zero attached hydrogens (tertiary/aromatic N) is 2. The first-order valence-corrected chi connectivity index (χ1v) is 10.4. The largest absolute Gasteiger partial charge is 0.495 e. The molecule has 8 heteroatoms. The number of carbonyl (C=O) groups is 2. The zero-order valence-corrected chi connectivity index (χ0v) is 17.3. The summed E-state index contributed by atoms with van der Waals surface area (Å²) in [7, 11) is 1.63. The van der Waals surface area contributed by atoms with Gasteiger partial charge in [0.05, 0.1) is 24.4 Å². The molecule has 2 aliphatic heterocycles. The van der Waals surface area contributed by atoms with Gasteiger partial charge in [-0.25, -0.2) is 8.78 Å². The molecule has 2 fully saturated rings. The summed E-state index contributed by atoms with van der Waals surface area (Å²) in [5.41, 5.74) is 0.986. The van der Waals surface area contributed by atoms with Crippen LogP contribution < -0.4 is 19.9 Å². The average Bonchev–Trinajstić information content (AvgIpc) is 3.15. The van der Waals surface area contributed by atoms with Gasteiger partial charge in [0, 0.05) is 38.2 Å². The molecule has 31 heavy (non-hydrogen) atoms. The van der Waals surface area contributed by atoms with Crippen LogP contribution in [0.4, 0.5) is 20.2 Å². The molecular weight excluding hydrogens is 404 g/mol. The van der Waals surface area contributed by atoms with E-state index in [9.17, 15) is 18.4 Å². The van der Waals surface area contributed by atoms with Gasteiger partial charge in [-0.15, -0.1) is 0 Å². The molecule has 2 atom stereocenters. The van der Waals surface area contributed by atoms with Gasteiger partial charge in [-0.05, 0) is 37.1 Å². The molecule has 2 amide bonds. The Labute approximate surface area is 179 Å². The molecule has 2 aromatic rings. The smallest absolute Gasteiger partial charge is 0.227 e. The standard InChI is InChI=1S/C23H25F2N3O3/c1-31-21-7-3-2-6-20(21)27-10-4-5-17(14-27)26-23(30)15-11-22(29)28(13-15)19-9-8-16(24)12-18(19)25/h2-3,6-9,12,15,17H,4-5,10-11,13-14H2,1H3,(H,26,30). The van der Waals surface area contributed by atoms with Crippen molar-refractivity contribution in [1.29, 1.82) is 0 Å². The summed E-state index contributed by atoms with van der Waals surface area (Å²) in [5.74, 6) is -1.87. The molecular formula is C23H25F2N3O3. The number of amides is 2. The third-order valence-corrected chi connectivity index (χ3v) is 5.89. The summed E-state index contributed by atoms with van der Waals surface area (Å²) in [6, 6.07) is 10.8. The number of hydrogen-bond acceptors (Lipinski definition) is 4. The molecule has 2 aliphatic rings.